The molecule has 0 saturated carbocycles. The summed E-state index contributed by atoms with van der Waals surface area (Å²) >= 11 is 0. The van der Waals surface area contributed by atoms with Gasteiger partial charge in [-0.3, -0.25) is 0 Å². The zero-order chi connectivity index (χ0) is 19.6. The molecule has 0 amide bonds. The molecule has 0 aliphatic carbocycles. The molecule has 29 heavy (non-hydrogen) atoms. The van der Waals surface area contributed by atoms with Crippen LogP contribution in [0.5, 0.6) is 0 Å². The fourth-order valence-corrected chi connectivity index (χ4v) is 3.65. The first-order valence-electron chi connectivity index (χ1n) is 9.82. The zero-order valence-electron chi connectivity index (χ0n) is 16.1. The van der Waals surface area contributed by atoms with E-state index in [1.807, 2.05) is 36.5 Å². The highest BCUT2D eigenvalue weighted by Gasteiger charge is 2.14. The maximum absolute atomic E-state index is 4.70. The van der Waals surface area contributed by atoms with Gasteiger partial charge in [-0.05, 0) is 18.6 Å². The number of rotatable bonds is 6. The molecule has 0 bridgehead atoms. The monoisotopic (exact) mass is 383 g/mol. The molecule has 5 aromatic rings. The highest BCUT2D eigenvalue weighted by Crippen LogP contribution is 2.26. The Labute approximate surface area is 167 Å². The summed E-state index contributed by atoms with van der Waals surface area (Å²) in [6.45, 7) is 3.09. The number of hydrogen-bond acceptors (Lipinski definition) is 5. The highest BCUT2D eigenvalue weighted by atomic mass is 15.4. The molecule has 3 aromatic heterocycles. The molecule has 5 rings (SSSR count). The van der Waals surface area contributed by atoms with Crippen LogP contribution in [0.3, 0.4) is 0 Å². The van der Waals surface area contributed by atoms with E-state index in [-0.39, 0.29) is 0 Å². The smallest absolute Gasteiger partial charge is 0.265 e. The average molecular weight is 383 g/mol. The van der Waals surface area contributed by atoms with Crippen LogP contribution in [-0.2, 0) is 6.54 Å². The Hall–Kier alpha value is -3.74. The minimum absolute atomic E-state index is 0.383. The number of unbranched alkanes of at least 4 members (excludes halogenated alkanes) is 1. The third-order valence-corrected chi connectivity index (χ3v) is 5.10. The summed E-state index contributed by atoms with van der Waals surface area (Å²) in [6.07, 6.45) is 5.89. The van der Waals surface area contributed by atoms with Gasteiger partial charge in [0, 0.05) is 34.6 Å². The summed E-state index contributed by atoms with van der Waals surface area (Å²) in [5.41, 5.74) is 7.79. The van der Waals surface area contributed by atoms with E-state index in [0.717, 1.165) is 57.9 Å². The van der Waals surface area contributed by atoms with Crippen molar-refractivity contribution in [1.29, 1.82) is 0 Å². The number of aromatic amines is 1. The van der Waals surface area contributed by atoms with Gasteiger partial charge in [-0.25, -0.2) is 5.43 Å². The van der Waals surface area contributed by atoms with Crippen molar-refractivity contribution >= 4 is 45.1 Å². The second-order valence-corrected chi connectivity index (χ2v) is 6.99. The van der Waals surface area contributed by atoms with Crippen LogP contribution in [0.4, 0.5) is 5.95 Å². The van der Waals surface area contributed by atoms with Gasteiger partial charge in [0.1, 0.15) is 5.52 Å². The summed E-state index contributed by atoms with van der Waals surface area (Å²) in [5.74, 6) is 0.383. The number of hydrogen-bond donors (Lipinski definition) is 2. The molecule has 0 spiro atoms. The first-order valence-corrected chi connectivity index (χ1v) is 9.82. The maximum Gasteiger partial charge on any atom is 0.265 e. The van der Waals surface area contributed by atoms with Crippen LogP contribution in [0.25, 0.3) is 33.0 Å². The van der Waals surface area contributed by atoms with Crippen molar-refractivity contribution in [2.45, 2.75) is 26.3 Å². The number of para-hydroxylation sites is 2. The van der Waals surface area contributed by atoms with E-state index in [1.54, 1.807) is 6.21 Å². The molecule has 0 aliphatic rings. The van der Waals surface area contributed by atoms with E-state index in [1.165, 1.54) is 0 Å². The Balaban J connectivity index is 1.48. The van der Waals surface area contributed by atoms with Gasteiger partial charge in [0.25, 0.3) is 5.95 Å². The molecule has 0 fully saturated rings. The molecule has 0 radical (unpaired) electrons. The molecule has 2 N–H and O–H groups in total. The van der Waals surface area contributed by atoms with Crippen molar-refractivity contribution in [2.75, 3.05) is 5.43 Å². The first kappa shape index (κ1) is 17.4. The van der Waals surface area contributed by atoms with Crippen LogP contribution in [0.15, 0.2) is 59.8 Å². The molecule has 7 heteroatoms. The normalized spacial score (nSPS) is 11.9. The number of aromatic nitrogens is 5. The van der Waals surface area contributed by atoms with E-state index >= 15 is 0 Å². The van der Waals surface area contributed by atoms with Crippen LogP contribution in [0, 0.1) is 0 Å². The van der Waals surface area contributed by atoms with Crippen molar-refractivity contribution in [3.63, 3.8) is 0 Å². The molecule has 0 saturated heterocycles. The van der Waals surface area contributed by atoms with Crippen LogP contribution < -0.4 is 5.43 Å². The summed E-state index contributed by atoms with van der Waals surface area (Å²) in [7, 11) is 0. The summed E-state index contributed by atoms with van der Waals surface area (Å²) in [6, 6.07) is 16.4. The largest absolute Gasteiger partial charge is 0.361 e. The van der Waals surface area contributed by atoms with E-state index < -0.39 is 0 Å². The summed E-state index contributed by atoms with van der Waals surface area (Å²) in [5, 5.41) is 15.2. The van der Waals surface area contributed by atoms with Crippen molar-refractivity contribution in [1.82, 2.24) is 24.7 Å². The second kappa shape index (κ2) is 7.35. The van der Waals surface area contributed by atoms with Crippen molar-refractivity contribution < 1.29 is 0 Å². The number of hydrazone groups is 1. The SMILES string of the molecule is CCCCn1c2ccccc2c2nnc(N/N=C/c3c[nH]c4ccccc34)nc21. The number of nitrogens with one attached hydrogen (secondary N) is 2. The van der Waals surface area contributed by atoms with Crippen LogP contribution in [0.1, 0.15) is 25.3 Å². The molecular weight excluding hydrogens is 362 g/mol. The Kier molecular flexibility index (Phi) is 4.40. The van der Waals surface area contributed by atoms with Crippen molar-refractivity contribution in [3.8, 4) is 0 Å². The third kappa shape index (κ3) is 3.10. The lowest BCUT2D eigenvalue weighted by Gasteiger charge is -2.05. The molecule has 3 heterocycles. The molecule has 2 aromatic carbocycles. The second-order valence-electron chi connectivity index (χ2n) is 6.99. The lowest BCUT2D eigenvalue weighted by Crippen LogP contribution is -2.03. The van der Waals surface area contributed by atoms with Gasteiger partial charge < -0.3 is 9.55 Å². The van der Waals surface area contributed by atoms with E-state index in [4.69, 9.17) is 4.98 Å². The van der Waals surface area contributed by atoms with Gasteiger partial charge in [-0.2, -0.15) is 10.1 Å². The predicted octanol–water partition coefficient (Wildman–Crippen LogP) is 4.71. The number of aryl methyl sites for hydroxylation is 1. The Bertz CT molecular complexity index is 1330. The molecule has 0 unspecified atom stereocenters. The van der Waals surface area contributed by atoms with Crippen molar-refractivity contribution in [2.24, 2.45) is 5.10 Å². The van der Waals surface area contributed by atoms with E-state index in [0.29, 0.717) is 5.95 Å². The van der Waals surface area contributed by atoms with E-state index in [2.05, 4.69) is 55.4 Å². The van der Waals surface area contributed by atoms with Gasteiger partial charge in [0.05, 0.1) is 11.7 Å². The Morgan fingerprint density at radius 3 is 2.79 bits per heavy atom. The Morgan fingerprint density at radius 1 is 1.07 bits per heavy atom. The van der Waals surface area contributed by atoms with Gasteiger partial charge in [-0.15, -0.1) is 10.2 Å². The Morgan fingerprint density at radius 2 is 1.90 bits per heavy atom. The number of anilines is 1. The zero-order valence-corrected chi connectivity index (χ0v) is 16.1. The molecular formula is C22H21N7. The van der Waals surface area contributed by atoms with Gasteiger partial charge in [-0.1, -0.05) is 49.7 Å². The molecule has 0 aliphatic heterocycles. The number of benzene rings is 2. The van der Waals surface area contributed by atoms with Gasteiger partial charge >= 0.3 is 0 Å². The van der Waals surface area contributed by atoms with Crippen LogP contribution in [0.2, 0.25) is 0 Å². The lowest BCUT2D eigenvalue weighted by atomic mass is 10.2. The topological polar surface area (TPSA) is 83.8 Å². The third-order valence-electron chi connectivity index (χ3n) is 5.10. The molecule has 144 valence electrons. The molecule has 0 atom stereocenters. The highest BCUT2D eigenvalue weighted by molar-refractivity contribution is 6.04. The fourth-order valence-electron chi connectivity index (χ4n) is 3.65. The average Bonchev–Trinajstić information content (AvgIpc) is 3.31. The number of H-pyrrole nitrogens is 1. The summed E-state index contributed by atoms with van der Waals surface area (Å²) < 4.78 is 2.22. The minimum Gasteiger partial charge on any atom is -0.361 e. The standard InChI is InChI=1S/C22H21N7/c1-2-3-12-29-19-11-7-5-9-17(19)20-21(29)25-22(28-26-20)27-24-14-15-13-23-18-10-6-4-8-16(15)18/h4-11,13-14,23H,2-3,12H2,1H3,(H,25,27,28)/b24-14+. The number of nitrogens with zero attached hydrogens (tertiary/aromatic N) is 5. The van der Waals surface area contributed by atoms with E-state index in [9.17, 15) is 0 Å². The van der Waals surface area contributed by atoms with Crippen molar-refractivity contribution in [3.05, 3.63) is 60.3 Å². The van der Waals surface area contributed by atoms with Gasteiger partial charge in [0.15, 0.2) is 5.65 Å². The minimum atomic E-state index is 0.383. The fraction of sp³-hybridized carbons (Fsp3) is 0.182. The molecule has 7 nitrogen and oxygen atoms in total. The van der Waals surface area contributed by atoms with Crippen LogP contribution >= 0.6 is 0 Å². The lowest BCUT2D eigenvalue weighted by molar-refractivity contribution is 0.660. The quantitative estimate of drug-likeness (QED) is 0.329. The maximum atomic E-state index is 4.70. The summed E-state index contributed by atoms with van der Waals surface area (Å²) in [4.78, 5) is 7.94. The van der Waals surface area contributed by atoms with Crippen LogP contribution in [-0.4, -0.2) is 30.9 Å². The number of fused-ring (bicyclic) bond motifs is 4. The van der Waals surface area contributed by atoms with Gasteiger partial charge in [0.2, 0.25) is 0 Å². The first-order chi connectivity index (χ1) is 14.3. The predicted molar refractivity (Wildman–Crippen MR) is 117 cm³/mol.